The van der Waals surface area contributed by atoms with Crippen LogP contribution in [-0.2, 0) is 16.1 Å². The van der Waals surface area contributed by atoms with Gasteiger partial charge in [-0.15, -0.1) is 0 Å². The molecule has 1 aromatic heterocycles. The fourth-order valence-electron chi connectivity index (χ4n) is 3.94. The molecule has 0 saturated carbocycles. The van der Waals surface area contributed by atoms with E-state index >= 15 is 0 Å². The van der Waals surface area contributed by atoms with Crippen LogP contribution in [0.2, 0.25) is 0 Å². The number of nitrogens with one attached hydrogen (secondary N) is 1. The highest BCUT2D eigenvalue weighted by atomic mass is 16.5. The molecule has 0 aliphatic carbocycles. The van der Waals surface area contributed by atoms with E-state index in [0.717, 1.165) is 33.8 Å². The molecule has 0 radical (unpaired) electrons. The fraction of sp³-hybridized carbons (Fsp3) is 0.192. The average Bonchev–Trinajstić information content (AvgIpc) is 3.23. The van der Waals surface area contributed by atoms with E-state index < -0.39 is 12.0 Å². The van der Waals surface area contributed by atoms with Gasteiger partial charge < -0.3 is 14.6 Å². The van der Waals surface area contributed by atoms with Gasteiger partial charge in [0.1, 0.15) is 5.70 Å². The molecule has 3 amide bonds. The van der Waals surface area contributed by atoms with Crippen LogP contribution in [0, 0.1) is 20.8 Å². The minimum absolute atomic E-state index is 0.216. The Labute approximate surface area is 192 Å². The summed E-state index contributed by atoms with van der Waals surface area (Å²) >= 11 is 0. The predicted molar refractivity (Wildman–Crippen MR) is 125 cm³/mol. The van der Waals surface area contributed by atoms with Crippen LogP contribution >= 0.6 is 0 Å². The zero-order valence-corrected chi connectivity index (χ0v) is 19.0. The first-order valence-corrected chi connectivity index (χ1v) is 10.6. The summed E-state index contributed by atoms with van der Waals surface area (Å²) < 4.78 is 6.78. The lowest BCUT2D eigenvalue weighted by Crippen LogP contribution is -2.30. The molecule has 2 heterocycles. The molecular formula is C26H25N3O4. The van der Waals surface area contributed by atoms with Crippen molar-refractivity contribution in [2.45, 2.75) is 27.3 Å². The van der Waals surface area contributed by atoms with Crippen molar-refractivity contribution >= 4 is 24.0 Å². The van der Waals surface area contributed by atoms with Gasteiger partial charge in [0.25, 0.3) is 5.91 Å². The van der Waals surface area contributed by atoms with E-state index in [-0.39, 0.29) is 18.1 Å². The minimum Gasteiger partial charge on any atom is -0.465 e. The molecule has 7 nitrogen and oxygen atoms in total. The number of carbonyl (C=O) groups is 3. The summed E-state index contributed by atoms with van der Waals surface area (Å²) in [6, 6.07) is 16.4. The van der Waals surface area contributed by atoms with Gasteiger partial charge in [-0.1, -0.05) is 29.8 Å². The van der Waals surface area contributed by atoms with E-state index in [9.17, 15) is 14.4 Å². The maximum atomic E-state index is 12.9. The number of rotatable bonds is 5. The van der Waals surface area contributed by atoms with E-state index in [0.29, 0.717) is 5.56 Å². The normalized spacial score (nSPS) is 14.7. The lowest BCUT2D eigenvalue weighted by Gasteiger charge is -2.12. The molecule has 4 rings (SSSR count). The van der Waals surface area contributed by atoms with Gasteiger partial charge in [0.05, 0.1) is 19.2 Å². The highest BCUT2D eigenvalue weighted by Crippen LogP contribution is 2.25. The number of carbonyl (C=O) groups excluding carboxylic acids is 3. The van der Waals surface area contributed by atoms with Gasteiger partial charge in [-0.3, -0.25) is 9.69 Å². The molecule has 2 aromatic carbocycles. The number of aromatic nitrogens is 1. The number of hydrogen-bond donors (Lipinski definition) is 1. The molecule has 1 aliphatic heterocycles. The summed E-state index contributed by atoms with van der Waals surface area (Å²) in [6.07, 6.45) is 1.71. The van der Waals surface area contributed by atoms with Gasteiger partial charge in [-0.25, -0.2) is 9.59 Å². The van der Waals surface area contributed by atoms with Crippen molar-refractivity contribution in [1.82, 2.24) is 14.8 Å². The summed E-state index contributed by atoms with van der Waals surface area (Å²) in [7, 11) is 1.35. The third kappa shape index (κ3) is 4.30. The maximum absolute atomic E-state index is 12.9. The summed E-state index contributed by atoms with van der Waals surface area (Å²) in [5, 5.41) is 2.69. The summed E-state index contributed by atoms with van der Waals surface area (Å²) in [6.45, 7) is 6.11. The van der Waals surface area contributed by atoms with Crippen LogP contribution in [0.15, 0.2) is 60.3 Å². The zero-order valence-electron chi connectivity index (χ0n) is 19.0. The predicted octanol–water partition coefficient (Wildman–Crippen LogP) is 4.28. The van der Waals surface area contributed by atoms with Crippen LogP contribution in [0.1, 0.15) is 38.4 Å². The molecule has 0 spiro atoms. The highest BCUT2D eigenvalue weighted by molar-refractivity contribution is 6.14. The molecule has 7 heteroatoms. The average molecular weight is 444 g/mol. The number of esters is 1. The van der Waals surface area contributed by atoms with Crippen molar-refractivity contribution in [2.75, 3.05) is 7.11 Å². The SMILES string of the molecule is COC(=O)c1ccc(-n2c(C)cc(C=C3NC(=O)N(Cc4ccc(C)cc4)C3=O)c2C)cc1. The van der Waals surface area contributed by atoms with Gasteiger partial charge in [0, 0.05) is 17.1 Å². The standard InChI is InChI=1S/C26H25N3O4/c1-16-5-7-19(8-6-16)15-28-24(30)23(27-26(28)32)14-21-13-17(2)29(18(21)3)22-11-9-20(10-12-22)25(31)33-4/h5-14H,15H2,1-4H3,(H,27,32). The van der Waals surface area contributed by atoms with Crippen molar-refractivity contribution in [3.63, 3.8) is 0 Å². The van der Waals surface area contributed by atoms with Crippen LogP contribution in [0.25, 0.3) is 11.8 Å². The molecule has 0 unspecified atom stereocenters. The number of benzene rings is 2. The highest BCUT2D eigenvalue weighted by Gasteiger charge is 2.33. The number of hydrogen-bond acceptors (Lipinski definition) is 4. The van der Waals surface area contributed by atoms with Crippen LogP contribution < -0.4 is 5.32 Å². The Balaban J connectivity index is 1.59. The van der Waals surface area contributed by atoms with Crippen molar-refractivity contribution in [3.05, 3.63) is 93.9 Å². The lowest BCUT2D eigenvalue weighted by molar-refractivity contribution is -0.123. The fourth-order valence-corrected chi connectivity index (χ4v) is 3.94. The van der Waals surface area contributed by atoms with E-state index in [1.165, 1.54) is 12.0 Å². The molecule has 1 aliphatic rings. The molecule has 0 atom stereocenters. The Hall–Kier alpha value is -4.13. The van der Waals surface area contributed by atoms with Crippen molar-refractivity contribution in [1.29, 1.82) is 0 Å². The van der Waals surface area contributed by atoms with Gasteiger partial charge in [-0.2, -0.15) is 0 Å². The number of aryl methyl sites for hydroxylation is 2. The monoisotopic (exact) mass is 443 g/mol. The largest absolute Gasteiger partial charge is 0.465 e. The van der Waals surface area contributed by atoms with Crippen LogP contribution in [-0.4, -0.2) is 34.5 Å². The van der Waals surface area contributed by atoms with Crippen LogP contribution in [0.3, 0.4) is 0 Å². The molecule has 33 heavy (non-hydrogen) atoms. The van der Waals surface area contributed by atoms with E-state index in [2.05, 4.69) is 5.32 Å². The molecule has 168 valence electrons. The Kier molecular flexibility index (Phi) is 5.87. The number of imide groups is 1. The Morgan fingerprint density at radius 3 is 2.30 bits per heavy atom. The maximum Gasteiger partial charge on any atom is 0.337 e. The molecule has 1 fully saturated rings. The van der Waals surface area contributed by atoms with E-state index in [1.807, 2.05) is 67.8 Å². The summed E-state index contributed by atoms with van der Waals surface area (Å²) in [5.41, 5.74) is 6.29. The van der Waals surface area contributed by atoms with Gasteiger partial charge in [0.15, 0.2) is 0 Å². The van der Waals surface area contributed by atoms with Crippen molar-refractivity contribution in [3.8, 4) is 5.69 Å². The van der Waals surface area contributed by atoms with Crippen LogP contribution in [0.5, 0.6) is 0 Å². The smallest absolute Gasteiger partial charge is 0.337 e. The lowest BCUT2D eigenvalue weighted by atomic mass is 10.1. The van der Waals surface area contributed by atoms with Gasteiger partial charge in [-0.05, 0) is 68.3 Å². The molecular weight excluding hydrogens is 418 g/mol. The number of nitrogens with zero attached hydrogens (tertiary/aromatic N) is 2. The number of urea groups is 1. The van der Waals surface area contributed by atoms with E-state index in [4.69, 9.17) is 4.74 Å². The third-order valence-corrected chi connectivity index (χ3v) is 5.74. The number of ether oxygens (including phenoxy) is 1. The first-order valence-electron chi connectivity index (χ1n) is 10.6. The topological polar surface area (TPSA) is 80.6 Å². The second kappa shape index (κ2) is 8.78. The van der Waals surface area contributed by atoms with Gasteiger partial charge >= 0.3 is 12.0 Å². The van der Waals surface area contributed by atoms with Crippen molar-refractivity contribution < 1.29 is 19.1 Å². The molecule has 1 saturated heterocycles. The zero-order chi connectivity index (χ0) is 23.7. The van der Waals surface area contributed by atoms with Gasteiger partial charge in [0.2, 0.25) is 0 Å². The Morgan fingerprint density at radius 1 is 1.00 bits per heavy atom. The quantitative estimate of drug-likeness (QED) is 0.363. The first kappa shape index (κ1) is 22.1. The summed E-state index contributed by atoms with van der Waals surface area (Å²) in [4.78, 5) is 38.3. The second-order valence-corrected chi connectivity index (χ2v) is 8.07. The van der Waals surface area contributed by atoms with Crippen LogP contribution in [0.4, 0.5) is 4.79 Å². The van der Waals surface area contributed by atoms with Crippen molar-refractivity contribution in [2.24, 2.45) is 0 Å². The third-order valence-electron chi connectivity index (χ3n) is 5.74. The molecule has 1 N–H and O–H groups in total. The second-order valence-electron chi connectivity index (χ2n) is 8.07. The summed E-state index contributed by atoms with van der Waals surface area (Å²) in [5.74, 6) is -0.744. The molecule has 0 bridgehead atoms. The Bertz CT molecular complexity index is 1270. The number of amides is 3. The first-order chi connectivity index (χ1) is 15.8. The van der Waals surface area contributed by atoms with E-state index in [1.54, 1.807) is 18.2 Å². The Morgan fingerprint density at radius 2 is 1.67 bits per heavy atom. The number of methoxy groups -OCH3 is 1. The minimum atomic E-state index is -0.431. The molecule has 3 aromatic rings.